The number of nitrogens with zero attached hydrogens (tertiary/aromatic N) is 2. The summed E-state index contributed by atoms with van der Waals surface area (Å²) >= 11 is 1.50. The highest BCUT2D eigenvalue weighted by molar-refractivity contribution is 7.11. The van der Waals surface area contributed by atoms with Gasteiger partial charge < -0.3 is 15.4 Å². The molecule has 0 amide bonds. The molecule has 1 aliphatic heterocycles. The lowest BCUT2D eigenvalue weighted by molar-refractivity contribution is 0.0460. The third kappa shape index (κ3) is 3.04. The molecule has 2 N–H and O–H groups in total. The van der Waals surface area contributed by atoms with Gasteiger partial charge in [-0.25, -0.2) is 0 Å². The molecular weight excluding hydrogens is 282 g/mol. The van der Waals surface area contributed by atoms with Crippen molar-refractivity contribution in [3.05, 3.63) is 30.3 Å². The van der Waals surface area contributed by atoms with Crippen LogP contribution in [0.1, 0.15) is 19.8 Å². The van der Waals surface area contributed by atoms with Crippen molar-refractivity contribution in [3.63, 3.8) is 0 Å². The summed E-state index contributed by atoms with van der Waals surface area (Å²) < 4.78 is 10.1. The molecule has 1 aromatic heterocycles. The van der Waals surface area contributed by atoms with Crippen molar-refractivity contribution in [3.8, 4) is 11.1 Å². The number of hydrogen-bond acceptors (Lipinski definition) is 5. The zero-order valence-electron chi connectivity index (χ0n) is 12.3. The molecule has 1 fully saturated rings. The first-order valence-electron chi connectivity index (χ1n) is 7.46. The molecule has 3 rings (SSSR count). The van der Waals surface area contributed by atoms with Crippen LogP contribution in [0.4, 0.5) is 10.8 Å². The Bertz CT molecular complexity index is 576. The highest BCUT2D eigenvalue weighted by atomic mass is 32.1. The zero-order valence-corrected chi connectivity index (χ0v) is 13.1. The molecule has 0 unspecified atom stereocenters. The minimum absolute atomic E-state index is 0.400. The highest BCUT2D eigenvalue weighted by Crippen LogP contribution is 2.40. The van der Waals surface area contributed by atoms with Crippen molar-refractivity contribution in [1.29, 1.82) is 0 Å². The third-order valence-electron chi connectivity index (χ3n) is 3.89. The molecule has 0 aliphatic carbocycles. The van der Waals surface area contributed by atoms with Crippen LogP contribution < -0.4 is 10.6 Å². The van der Waals surface area contributed by atoms with Crippen LogP contribution in [0.5, 0.6) is 0 Å². The molecule has 5 heteroatoms. The van der Waals surface area contributed by atoms with E-state index in [0.29, 0.717) is 11.9 Å². The fraction of sp³-hybridized carbons (Fsp3) is 0.438. The van der Waals surface area contributed by atoms with Crippen LogP contribution >= 0.6 is 11.5 Å². The molecule has 0 atom stereocenters. The van der Waals surface area contributed by atoms with Crippen molar-refractivity contribution in [1.82, 2.24) is 4.37 Å². The van der Waals surface area contributed by atoms with E-state index in [0.717, 1.165) is 43.7 Å². The van der Waals surface area contributed by atoms with E-state index in [1.807, 2.05) is 18.2 Å². The Balaban J connectivity index is 1.81. The van der Waals surface area contributed by atoms with Gasteiger partial charge in [-0.05, 0) is 36.9 Å². The predicted octanol–water partition coefficient (Wildman–Crippen LogP) is 3.40. The lowest BCUT2D eigenvalue weighted by Crippen LogP contribution is -2.36. The van der Waals surface area contributed by atoms with Crippen LogP contribution in [0.2, 0.25) is 0 Å². The molecule has 0 radical (unpaired) electrons. The van der Waals surface area contributed by atoms with E-state index in [9.17, 15) is 0 Å². The SMILES string of the molecule is CCOC1CCN(c2snc(N)c2-c2ccccc2)CC1. The third-order valence-corrected chi connectivity index (χ3v) is 4.82. The fourth-order valence-corrected chi connectivity index (χ4v) is 3.73. The second-order valence-corrected chi connectivity index (χ2v) is 6.01. The topological polar surface area (TPSA) is 51.4 Å². The number of aromatic nitrogens is 1. The van der Waals surface area contributed by atoms with Crippen molar-refractivity contribution >= 4 is 22.4 Å². The molecule has 2 aromatic rings. The van der Waals surface area contributed by atoms with E-state index >= 15 is 0 Å². The molecule has 112 valence electrons. The van der Waals surface area contributed by atoms with Gasteiger partial charge in [0.15, 0.2) is 0 Å². The van der Waals surface area contributed by atoms with Crippen LogP contribution in [-0.4, -0.2) is 30.2 Å². The summed E-state index contributed by atoms with van der Waals surface area (Å²) in [6, 6.07) is 10.3. The maximum Gasteiger partial charge on any atom is 0.147 e. The van der Waals surface area contributed by atoms with Gasteiger partial charge in [0.25, 0.3) is 0 Å². The average molecular weight is 303 g/mol. The summed E-state index contributed by atoms with van der Waals surface area (Å²) in [5, 5.41) is 1.19. The van der Waals surface area contributed by atoms with Gasteiger partial charge in [0.05, 0.1) is 11.7 Å². The maximum atomic E-state index is 6.10. The number of ether oxygens (including phenoxy) is 1. The predicted molar refractivity (Wildman–Crippen MR) is 88.8 cm³/mol. The second kappa shape index (κ2) is 6.45. The Morgan fingerprint density at radius 3 is 2.67 bits per heavy atom. The number of anilines is 2. The van der Waals surface area contributed by atoms with Crippen molar-refractivity contribution in [2.45, 2.75) is 25.9 Å². The highest BCUT2D eigenvalue weighted by Gasteiger charge is 2.24. The van der Waals surface area contributed by atoms with Gasteiger partial charge in [0, 0.05) is 19.7 Å². The largest absolute Gasteiger partial charge is 0.382 e. The normalized spacial score (nSPS) is 16.3. The number of nitrogen functional groups attached to an aromatic ring is 1. The minimum atomic E-state index is 0.400. The van der Waals surface area contributed by atoms with Crippen LogP contribution in [0.15, 0.2) is 30.3 Å². The summed E-state index contributed by atoms with van der Waals surface area (Å²) in [7, 11) is 0. The van der Waals surface area contributed by atoms with Gasteiger partial charge in [0.2, 0.25) is 0 Å². The van der Waals surface area contributed by atoms with Crippen LogP contribution in [0.25, 0.3) is 11.1 Å². The lowest BCUT2D eigenvalue weighted by atomic mass is 10.1. The van der Waals surface area contributed by atoms with E-state index in [2.05, 4.69) is 28.3 Å². The fourth-order valence-electron chi connectivity index (χ4n) is 2.85. The minimum Gasteiger partial charge on any atom is -0.382 e. The van der Waals surface area contributed by atoms with Crippen molar-refractivity contribution < 1.29 is 4.74 Å². The summed E-state index contributed by atoms with van der Waals surface area (Å²) in [6.07, 6.45) is 2.54. The molecule has 2 heterocycles. The number of rotatable bonds is 4. The Morgan fingerprint density at radius 1 is 1.29 bits per heavy atom. The smallest absolute Gasteiger partial charge is 0.147 e. The van der Waals surface area contributed by atoms with Gasteiger partial charge >= 0.3 is 0 Å². The first-order valence-corrected chi connectivity index (χ1v) is 8.24. The van der Waals surface area contributed by atoms with Crippen molar-refractivity contribution in [2.24, 2.45) is 0 Å². The first kappa shape index (κ1) is 14.4. The lowest BCUT2D eigenvalue weighted by Gasteiger charge is -2.32. The van der Waals surface area contributed by atoms with Gasteiger partial charge in [0.1, 0.15) is 10.8 Å². The summed E-state index contributed by atoms with van der Waals surface area (Å²) in [5.74, 6) is 0.633. The Hall–Kier alpha value is -1.59. The molecule has 4 nitrogen and oxygen atoms in total. The van der Waals surface area contributed by atoms with Gasteiger partial charge in [-0.3, -0.25) is 0 Å². The van der Waals surface area contributed by atoms with Gasteiger partial charge in [-0.1, -0.05) is 30.3 Å². The molecule has 1 aliphatic rings. The summed E-state index contributed by atoms with van der Waals surface area (Å²) in [5.41, 5.74) is 8.33. The van der Waals surface area contributed by atoms with E-state index in [-0.39, 0.29) is 0 Å². The maximum absolute atomic E-state index is 6.10. The number of piperidine rings is 1. The summed E-state index contributed by atoms with van der Waals surface area (Å²) in [4.78, 5) is 2.39. The van der Waals surface area contributed by atoms with Gasteiger partial charge in [-0.15, -0.1) is 0 Å². The van der Waals surface area contributed by atoms with E-state index in [1.165, 1.54) is 16.5 Å². The number of benzene rings is 1. The number of nitrogens with two attached hydrogens (primary N) is 1. The number of hydrogen-bond donors (Lipinski definition) is 1. The zero-order chi connectivity index (χ0) is 14.7. The quantitative estimate of drug-likeness (QED) is 0.940. The van der Waals surface area contributed by atoms with Crippen LogP contribution in [0, 0.1) is 0 Å². The van der Waals surface area contributed by atoms with E-state index in [4.69, 9.17) is 10.5 Å². The monoisotopic (exact) mass is 303 g/mol. The van der Waals surface area contributed by atoms with Gasteiger partial charge in [-0.2, -0.15) is 4.37 Å². The molecule has 0 bridgehead atoms. The second-order valence-electron chi connectivity index (χ2n) is 5.26. The van der Waals surface area contributed by atoms with Crippen LogP contribution in [-0.2, 0) is 4.74 Å². The van der Waals surface area contributed by atoms with Crippen molar-refractivity contribution in [2.75, 3.05) is 30.3 Å². The molecule has 1 aromatic carbocycles. The molecule has 1 saturated heterocycles. The standard InChI is InChI=1S/C16H21N3OS/c1-2-20-13-8-10-19(11-9-13)16-14(15(17)18-21-16)12-6-4-3-5-7-12/h3-7,13H,2,8-11H2,1H3,(H2,17,18). The van der Waals surface area contributed by atoms with E-state index in [1.54, 1.807) is 0 Å². The molecule has 0 spiro atoms. The Morgan fingerprint density at radius 2 is 2.00 bits per heavy atom. The van der Waals surface area contributed by atoms with E-state index < -0.39 is 0 Å². The molecule has 0 saturated carbocycles. The molecule has 21 heavy (non-hydrogen) atoms. The average Bonchev–Trinajstić information content (AvgIpc) is 2.91. The molecular formula is C16H21N3OS. The Labute approximate surface area is 129 Å². The Kier molecular flexibility index (Phi) is 4.41. The first-order chi connectivity index (χ1) is 10.3. The summed E-state index contributed by atoms with van der Waals surface area (Å²) in [6.45, 7) is 4.87. The van der Waals surface area contributed by atoms with Crippen LogP contribution in [0.3, 0.4) is 0 Å².